The molecule has 4 nitrogen and oxygen atoms in total. The largest absolute Gasteiger partial charge is 0.310 e. The normalized spacial score (nSPS) is 11.1. The van der Waals surface area contributed by atoms with Crippen LogP contribution in [0.25, 0.3) is 66.9 Å². The number of hydrogen-bond donors (Lipinski definition) is 0. The summed E-state index contributed by atoms with van der Waals surface area (Å²) in [5, 5.41) is 0. The molecule has 4 aromatic heterocycles. The first kappa shape index (κ1) is 31.0. The van der Waals surface area contributed by atoms with E-state index in [4.69, 9.17) is 0 Å². The summed E-state index contributed by atoms with van der Waals surface area (Å²) in [6, 6.07) is 77.8. The lowest BCUT2D eigenvalue weighted by molar-refractivity contribution is 1.12. The number of aromatic nitrogens is 4. The van der Waals surface area contributed by atoms with Gasteiger partial charge in [0.15, 0.2) is 0 Å². The van der Waals surface area contributed by atoms with Crippen LogP contribution in [0.4, 0.5) is 0 Å². The van der Waals surface area contributed by atoms with Crippen LogP contribution in [-0.4, -0.2) is 18.3 Å². The molecule has 12 aromatic rings. The molecule has 0 unspecified atom stereocenters. The van der Waals surface area contributed by atoms with Gasteiger partial charge in [-0.05, 0) is 133 Å². The second-order valence-electron chi connectivity index (χ2n) is 12.8. The molecule has 4 heteroatoms. The smallest absolute Gasteiger partial charge is 0.0482 e. The Morgan fingerprint density at radius 3 is 0.596 bits per heavy atom. The van der Waals surface area contributed by atoms with E-state index in [1.54, 1.807) is 0 Å². The molecule has 0 saturated heterocycles. The highest BCUT2D eigenvalue weighted by Crippen LogP contribution is 2.25. The SMILES string of the molecule is c1ccc(-n2c3ccc(cc3)n(-c3ccccc3)c3cccc(c3)n(-c3ccccc3)c3ccc(cc3)n(-c3ccccc3)c3cccc2c3)cc1. The Balaban J connectivity index is 1.50. The average molecular weight is 669 g/mol. The molecule has 0 aliphatic rings. The zero-order chi connectivity index (χ0) is 34.7. The van der Waals surface area contributed by atoms with E-state index in [1.807, 2.05) is 0 Å². The van der Waals surface area contributed by atoms with Crippen LogP contribution < -0.4 is 0 Å². The lowest BCUT2D eigenvalue weighted by Gasteiger charge is -2.16. The minimum absolute atomic E-state index is 1.07. The lowest BCUT2D eigenvalue weighted by Crippen LogP contribution is -2.01. The molecule has 0 atom stereocenters. The second-order valence-corrected chi connectivity index (χ2v) is 12.8. The van der Waals surface area contributed by atoms with Gasteiger partial charge in [-0.2, -0.15) is 0 Å². The minimum atomic E-state index is 1.07. The fourth-order valence-corrected chi connectivity index (χ4v) is 7.14. The molecule has 0 radical (unpaired) electrons. The quantitative estimate of drug-likeness (QED) is 0.178. The third-order valence-corrected chi connectivity index (χ3v) is 9.48. The Hall–Kier alpha value is -7.04. The van der Waals surface area contributed by atoms with E-state index in [2.05, 4.69) is 237 Å². The molecule has 4 heterocycles. The molecular formula is C48H36N4. The zero-order valence-corrected chi connectivity index (χ0v) is 28.6. The van der Waals surface area contributed by atoms with Gasteiger partial charge in [-0.15, -0.1) is 0 Å². The summed E-state index contributed by atoms with van der Waals surface area (Å²) in [7, 11) is 0. The first-order chi connectivity index (χ1) is 25.8. The Morgan fingerprint density at radius 2 is 0.385 bits per heavy atom. The van der Waals surface area contributed by atoms with Crippen LogP contribution in [0, 0.1) is 0 Å². The highest BCUT2D eigenvalue weighted by molar-refractivity contribution is 5.77. The van der Waals surface area contributed by atoms with Crippen molar-refractivity contribution in [2.24, 2.45) is 0 Å². The van der Waals surface area contributed by atoms with Crippen molar-refractivity contribution in [1.82, 2.24) is 18.3 Å². The van der Waals surface area contributed by atoms with Gasteiger partial charge in [0.2, 0.25) is 0 Å². The topological polar surface area (TPSA) is 19.7 Å². The minimum Gasteiger partial charge on any atom is -0.310 e. The summed E-state index contributed by atoms with van der Waals surface area (Å²) in [5.41, 5.74) is 12.9. The van der Waals surface area contributed by atoms with E-state index in [9.17, 15) is 0 Å². The maximum Gasteiger partial charge on any atom is 0.0482 e. The van der Waals surface area contributed by atoms with Gasteiger partial charge in [0.05, 0.1) is 0 Å². The van der Waals surface area contributed by atoms with E-state index < -0.39 is 0 Å². The van der Waals surface area contributed by atoms with Crippen LogP contribution in [0.15, 0.2) is 218 Å². The van der Waals surface area contributed by atoms with Crippen LogP contribution >= 0.6 is 0 Å². The van der Waals surface area contributed by atoms with Crippen LogP contribution in [0.2, 0.25) is 0 Å². The molecule has 52 heavy (non-hydrogen) atoms. The molecule has 0 spiro atoms. The first-order valence-electron chi connectivity index (χ1n) is 17.6. The highest BCUT2D eigenvalue weighted by atomic mass is 15.0. The summed E-state index contributed by atoms with van der Waals surface area (Å²) in [5.74, 6) is 0. The van der Waals surface area contributed by atoms with Crippen molar-refractivity contribution in [3.05, 3.63) is 218 Å². The molecule has 0 aliphatic carbocycles. The zero-order valence-electron chi connectivity index (χ0n) is 28.6. The molecule has 0 saturated carbocycles. The number of rotatable bonds is 4. The van der Waals surface area contributed by atoms with E-state index in [-0.39, 0.29) is 0 Å². The Morgan fingerprint density at radius 1 is 0.173 bits per heavy atom. The van der Waals surface area contributed by atoms with Gasteiger partial charge in [0, 0.05) is 66.9 Å². The second kappa shape index (κ2) is 13.7. The van der Waals surface area contributed by atoms with Crippen molar-refractivity contribution >= 4 is 44.1 Å². The van der Waals surface area contributed by atoms with Crippen LogP contribution in [0.3, 0.4) is 0 Å². The summed E-state index contributed by atoms with van der Waals surface area (Å²) in [6.45, 7) is 0. The standard InChI is InChI=1S/C48H36N4/c1-5-15-37(16-6-1)49-41-27-29-42(30-28-41)51(39-19-9-3-10-20-39)47-25-14-26-48(36-47)52(40-21-11-4-12-22-40)44-33-31-43(32-34-44)50(38-17-7-2-8-18-38)46-24-13-23-45(49)35-46/h1-36H. The molecule has 0 fully saturated rings. The van der Waals surface area contributed by atoms with Gasteiger partial charge in [-0.3, -0.25) is 0 Å². The van der Waals surface area contributed by atoms with Crippen molar-refractivity contribution in [3.8, 4) is 22.7 Å². The van der Waals surface area contributed by atoms with Crippen molar-refractivity contribution in [2.75, 3.05) is 0 Å². The van der Waals surface area contributed by atoms with Crippen molar-refractivity contribution < 1.29 is 0 Å². The highest BCUT2D eigenvalue weighted by Gasteiger charge is 2.07. The lowest BCUT2D eigenvalue weighted by atomic mass is 10.2. The van der Waals surface area contributed by atoms with E-state index in [1.165, 1.54) is 0 Å². The fourth-order valence-electron chi connectivity index (χ4n) is 7.14. The molecule has 0 aliphatic heterocycles. The predicted molar refractivity (Wildman–Crippen MR) is 218 cm³/mol. The third kappa shape index (κ3) is 5.93. The Bertz CT molecular complexity index is 2400. The number of hydrogen-bond acceptors (Lipinski definition) is 0. The molecule has 8 aromatic carbocycles. The van der Waals surface area contributed by atoms with Gasteiger partial charge in [0.1, 0.15) is 0 Å². The number of para-hydroxylation sites is 4. The van der Waals surface area contributed by atoms with E-state index in [0.29, 0.717) is 0 Å². The Labute approximate surface area is 302 Å². The van der Waals surface area contributed by atoms with Crippen molar-refractivity contribution in [3.63, 3.8) is 0 Å². The number of nitrogens with zero attached hydrogens (tertiary/aromatic N) is 4. The molecular weight excluding hydrogens is 633 g/mol. The van der Waals surface area contributed by atoms with Gasteiger partial charge < -0.3 is 18.3 Å². The van der Waals surface area contributed by atoms with Crippen molar-refractivity contribution in [1.29, 1.82) is 0 Å². The maximum absolute atomic E-state index is 2.33. The molecule has 248 valence electrons. The summed E-state index contributed by atoms with van der Waals surface area (Å²) >= 11 is 0. The van der Waals surface area contributed by atoms with Gasteiger partial charge in [-0.1, -0.05) is 84.9 Å². The van der Waals surface area contributed by atoms with Crippen LogP contribution in [0.1, 0.15) is 0 Å². The summed E-state index contributed by atoms with van der Waals surface area (Å²) in [6.07, 6.45) is 0. The van der Waals surface area contributed by atoms with Crippen molar-refractivity contribution in [2.45, 2.75) is 0 Å². The number of benzene rings is 8. The van der Waals surface area contributed by atoms with Gasteiger partial charge in [0.25, 0.3) is 0 Å². The monoisotopic (exact) mass is 668 g/mol. The maximum atomic E-state index is 2.33. The molecule has 8 bridgehead atoms. The molecule has 0 amide bonds. The summed E-state index contributed by atoms with van der Waals surface area (Å²) < 4.78 is 9.31. The first-order valence-corrected chi connectivity index (χ1v) is 17.6. The fraction of sp³-hybridized carbons (Fsp3) is 0. The average Bonchev–Trinajstić information content (AvgIpc) is 3.21. The molecule has 0 N–H and O–H groups in total. The van der Waals surface area contributed by atoms with Crippen LogP contribution in [0.5, 0.6) is 0 Å². The van der Waals surface area contributed by atoms with E-state index in [0.717, 1.165) is 66.9 Å². The van der Waals surface area contributed by atoms with Gasteiger partial charge in [-0.25, -0.2) is 0 Å². The summed E-state index contributed by atoms with van der Waals surface area (Å²) in [4.78, 5) is 0. The Kier molecular flexibility index (Phi) is 8.16. The molecule has 12 rings (SSSR count). The third-order valence-electron chi connectivity index (χ3n) is 9.48. The van der Waals surface area contributed by atoms with Gasteiger partial charge >= 0.3 is 0 Å². The predicted octanol–water partition coefficient (Wildman–Crippen LogP) is 12.3. The van der Waals surface area contributed by atoms with Crippen LogP contribution in [-0.2, 0) is 0 Å². The van der Waals surface area contributed by atoms with E-state index >= 15 is 0 Å².